The first-order chi connectivity index (χ1) is 5.06. The van der Waals surface area contributed by atoms with Gasteiger partial charge in [-0.3, -0.25) is 0 Å². The molecule has 0 aliphatic carbocycles. The maximum atomic E-state index is 10.4. The predicted molar refractivity (Wildman–Crippen MR) is 48.4 cm³/mol. The van der Waals surface area contributed by atoms with Crippen LogP contribution in [0, 0.1) is 0 Å². The van der Waals surface area contributed by atoms with E-state index in [4.69, 9.17) is 10.7 Å². The minimum absolute atomic E-state index is 0.123. The van der Waals surface area contributed by atoms with E-state index >= 15 is 0 Å². The summed E-state index contributed by atoms with van der Waals surface area (Å²) in [5, 5.41) is 0. The topological polar surface area (TPSA) is 34.1 Å². The maximum Gasteiger partial charge on any atom is 0.232 e. The Hall–Kier alpha value is 0.240. The third kappa shape index (κ3) is 10.2. The third-order valence-corrected chi connectivity index (χ3v) is 2.73. The Morgan fingerprint density at radius 2 is 1.64 bits per heavy atom. The van der Waals surface area contributed by atoms with Gasteiger partial charge in [0.2, 0.25) is 9.05 Å². The average Bonchev–Trinajstić information content (AvgIpc) is 1.85. The molecule has 0 radical (unpaired) electrons. The first-order valence-electron chi connectivity index (χ1n) is 3.98. The molecule has 0 aromatic carbocycles. The van der Waals surface area contributed by atoms with Crippen LogP contribution in [0.1, 0.15) is 39.0 Å². The van der Waals surface area contributed by atoms with Crippen molar-refractivity contribution in [1.29, 1.82) is 0 Å². The summed E-state index contributed by atoms with van der Waals surface area (Å²) < 4.78 is 20.9. The van der Waals surface area contributed by atoms with Crippen LogP contribution >= 0.6 is 10.7 Å². The summed E-state index contributed by atoms with van der Waals surface area (Å²) in [6.07, 6.45) is 5.14. The lowest BCUT2D eigenvalue weighted by Gasteiger charge is -1.96. The summed E-state index contributed by atoms with van der Waals surface area (Å²) in [7, 11) is 1.78. The standard InChI is InChI=1S/C7H15ClO2S/c1-2-3-4-5-6-7-11(8,9)10/h2-7H2,1H3. The zero-order valence-corrected chi connectivity index (χ0v) is 8.42. The van der Waals surface area contributed by atoms with Gasteiger partial charge in [-0.05, 0) is 6.42 Å². The largest absolute Gasteiger partial charge is 0.232 e. The van der Waals surface area contributed by atoms with Gasteiger partial charge < -0.3 is 0 Å². The molecule has 68 valence electrons. The number of unbranched alkanes of at least 4 members (excludes halogenated alkanes) is 4. The Morgan fingerprint density at radius 3 is 2.09 bits per heavy atom. The molecule has 0 heterocycles. The summed E-state index contributed by atoms with van der Waals surface area (Å²) in [4.78, 5) is 0. The van der Waals surface area contributed by atoms with Crippen LogP contribution in [0.5, 0.6) is 0 Å². The molecule has 0 fully saturated rings. The minimum atomic E-state index is -3.24. The molecule has 0 unspecified atom stereocenters. The molecular weight excluding hydrogens is 184 g/mol. The van der Waals surface area contributed by atoms with Crippen molar-refractivity contribution >= 4 is 19.7 Å². The van der Waals surface area contributed by atoms with Gasteiger partial charge in [0, 0.05) is 10.7 Å². The molecule has 0 spiro atoms. The van der Waals surface area contributed by atoms with Crippen molar-refractivity contribution in [3.8, 4) is 0 Å². The molecule has 0 saturated carbocycles. The van der Waals surface area contributed by atoms with Gasteiger partial charge in [-0.15, -0.1) is 0 Å². The molecule has 11 heavy (non-hydrogen) atoms. The van der Waals surface area contributed by atoms with Gasteiger partial charge in [0.25, 0.3) is 0 Å². The molecule has 0 atom stereocenters. The molecular formula is C7H15ClO2S. The Kier molecular flexibility index (Phi) is 5.96. The second-order valence-corrected chi connectivity index (χ2v) is 5.55. The molecule has 0 aromatic rings. The van der Waals surface area contributed by atoms with E-state index in [2.05, 4.69) is 6.92 Å². The maximum absolute atomic E-state index is 10.4. The van der Waals surface area contributed by atoms with Gasteiger partial charge in [0.1, 0.15) is 0 Å². The molecule has 0 aromatic heterocycles. The van der Waals surface area contributed by atoms with E-state index in [0.717, 1.165) is 12.8 Å². The highest BCUT2D eigenvalue weighted by Gasteiger charge is 2.02. The van der Waals surface area contributed by atoms with Crippen molar-refractivity contribution in [2.75, 3.05) is 5.75 Å². The van der Waals surface area contributed by atoms with Crippen molar-refractivity contribution < 1.29 is 8.42 Å². The lowest BCUT2D eigenvalue weighted by molar-refractivity contribution is 0.599. The molecule has 4 heteroatoms. The van der Waals surface area contributed by atoms with Crippen molar-refractivity contribution in [2.45, 2.75) is 39.0 Å². The fraction of sp³-hybridized carbons (Fsp3) is 1.00. The van der Waals surface area contributed by atoms with E-state index in [-0.39, 0.29) is 5.75 Å². The van der Waals surface area contributed by atoms with Crippen LogP contribution in [0.3, 0.4) is 0 Å². The monoisotopic (exact) mass is 198 g/mol. The number of hydrogen-bond donors (Lipinski definition) is 0. The van der Waals surface area contributed by atoms with Gasteiger partial charge in [0.15, 0.2) is 0 Å². The molecule has 2 nitrogen and oxygen atoms in total. The van der Waals surface area contributed by atoms with Crippen LogP contribution in [-0.4, -0.2) is 14.2 Å². The van der Waals surface area contributed by atoms with E-state index in [1.807, 2.05) is 0 Å². The highest BCUT2D eigenvalue weighted by atomic mass is 35.7. The molecule has 0 aliphatic rings. The summed E-state index contributed by atoms with van der Waals surface area (Å²) in [5.41, 5.74) is 0. The Balaban J connectivity index is 3.16. The fourth-order valence-corrected chi connectivity index (χ4v) is 1.75. The zero-order valence-electron chi connectivity index (χ0n) is 6.85. The van der Waals surface area contributed by atoms with Crippen LogP contribution in [0.25, 0.3) is 0 Å². The lowest BCUT2D eigenvalue weighted by Crippen LogP contribution is -1.96. The number of rotatable bonds is 6. The van der Waals surface area contributed by atoms with Gasteiger partial charge in [-0.25, -0.2) is 8.42 Å². The van der Waals surface area contributed by atoms with E-state index in [1.54, 1.807) is 0 Å². The highest BCUT2D eigenvalue weighted by Crippen LogP contribution is 2.06. The van der Waals surface area contributed by atoms with Crippen LogP contribution in [0.15, 0.2) is 0 Å². The van der Waals surface area contributed by atoms with Gasteiger partial charge >= 0.3 is 0 Å². The zero-order chi connectivity index (χ0) is 8.74. The van der Waals surface area contributed by atoms with E-state index in [1.165, 1.54) is 12.8 Å². The van der Waals surface area contributed by atoms with Gasteiger partial charge in [-0.2, -0.15) is 0 Å². The molecule has 0 N–H and O–H groups in total. The highest BCUT2D eigenvalue weighted by molar-refractivity contribution is 8.13. The summed E-state index contributed by atoms with van der Waals surface area (Å²) >= 11 is 0. The number of halogens is 1. The number of hydrogen-bond acceptors (Lipinski definition) is 2. The Labute approximate surface area is 73.4 Å². The van der Waals surface area contributed by atoms with Gasteiger partial charge in [-0.1, -0.05) is 32.6 Å². The smallest absolute Gasteiger partial charge is 0.212 e. The minimum Gasteiger partial charge on any atom is -0.212 e. The third-order valence-electron chi connectivity index (χ3n) is 1.49. The normalized spacial score (nSPS) is 11.8. The summed E-state index contributed by atoms with van der Waals surface area (Å²) in [5.74, 6) is 0.123. The van der Waals surface area contributed by atoms with Crippen LogP contribution in [0.2, 0.25) is 0 Å². The molecule has 0 saturated heterocycles. The summed E-state index contributed by atoms with van der Waals surface area (Å²) in [6, 6.07) is 0. The van der Waals surface area contributed by atoms with Crippen LogP contribution < -0.4 is 0 Å². The second-order valence-electron chi connectivity index (χ2n) is 2.66. The summed E-state index contributed by atoms with van der Waals surface area (Å²) in [6.45, 7) is 2.12. The second kappa shape index (κ2) is 5.84. The Bertz CT molecular complexity index is 175. The van der Waals surface area contributed by atoms with Crippen molar-refractivity contribution in [1.82, 2.24) is 0 Å². The quantitative estimate of drug-likeness (QED) is 0.486. The van der Waals surface area contributed by atoms with Crippen molar-refractivity contribution in [3.05, 3.63) is 0 Å². The lowest BCUT2D eigenvalue weighted by atomic mass is 10.2. The molecule has 0 aliphatic heterocycles. The first kappa shape index (κ1) is 11.2. The van der Waals surface area contributed by atoms with E-state index in [0.29, 0.717) is 6.42 Å². The first-order valence-corrected chi connectivity index (χ1v) is 6.46. The van der Waals surface area contributed by atoms with E-state index in [9.17, 15) is 8.42 Å². The molecule has 0 bridgehead atoms. The molecule has 0 amide bonds. The van der Waals surface area contributed by atoms with Crippen LogP contribution in [0.4, 0.5) is 0 Å². The predicted octanol–water partition coefficient (Wildman–Crippen LogP) is 2.53. The van der Waals surface area contributed by atoms with Gasteiger partial charge in [0.05, 0.1) is 5.75 Å². The Morgan fingerprint density at radius 1 is 1.09 bits per heavy atom. The van der Waals surface area contributed by atoms with Crippen LogP contribution in [-0.2, 0) is 9.05 Å². The average molecular weight is 199 g/mol. The SMILES string of the molecule is CCCCCCCS(=O)(=O)Cl. The fourth-order valence-electron chi connectivity index (χ4n) is 0.878. The van der Waals surface area contributed by atoms with E-state index < -0.39 is 9.05 Å². The molecule has 0 rings (SSSR count). The van der Waals surface area contributed by atoms with Crippen molar-refractivity contribution in [3.63, 3.8) is 0 Å². The van der Waals surface area contributed by atoms with Crippen molar-refractivity contribution in [2.24, 2.45) is 0 Å².